The number of hydrogen-bond acceptors (Lipinski definition) is 4. The van der Waals surface area contributed by atoms with Crippen LogP contribution in [0.25, 0.3) is 0 Å². The first kappa shape index (κ1) is 16.5. The molecule has 4 unspecified atom stereocenters. The van der Waals surface area contributed by atoms with E-state index >= 15 is 0 Å². The Kier molecular flexibility index (Phi) is 5.67. The molecule has 2 aliphatic rings. The van der Waals surface area contributed by atoms with Gasteiger partial charge in [-0.2, -0.15) is 0 Å². The van der Waals surface area contributed by atoms with Gasteiger partial charge in [-0.15, -0.1) is 0 Å². The number of carbonyl (C=O) groups excluding carboxylic acids is 1. The number of aromatic nitrogens is 2. The fourth-order valence-corrected chi connectivity index (χ4v) is 3.50. The Morgan fingerprint density at radius 3 is 3.04 bits per heavy atom. The van der Waals surface area contributed by atoms with Crippen molar-refractivity contribution in [2.75, 3.05) is 13.2 Å². The summed E-state index contributed by atoms with van der Waals surface area (Å²) in [6.07, 6.45) is 11.8. The van der Waals surface area contributed by atoms with Crippen molar-refractivity contribution in [1.29, 1.82) is 0 Å². The van der Waals surface area contributed by atoms with Gasteiger partial charge in [0.25, 0.3) is 0 Å². The summed E-state index contributed by atoms with van der Waals surface area (Å²) in [5.74, 6) is -0.0298. The van der Waals surface area contributed by atoms with Crippen LogP contribution in [0.4, 0.5) is 0 Å². The minimum absolute atomic E-state index is 0.0298. The molecule has 0 spiro atoms. The van der Waals surface area contributed by atoms with E-state index in [1.165, 1.54) is 6.42 Å². The van der Waals surface area contributed by atoms with Crippen LogP contribution in [0.3, 0.4) is 0 Å². The van der Waals surface area contributed by atoms with Gasteiger partial charge in [0.2, 0.25) is 5.91 Å². The van der Waals surface area contributed by atoms with E-state index in [0.29, 0.717) is 12.6 Å². The third-order valence-corrected chi connectivity index (χ3v) is 4.89. The highest BCUT2D eigenvalue weighted by Crippen LogP contribution is 2.30. The lowest BCUT2D eigenvalue weighted by atomic mass is 10.1. The lowest BCUT2D eigenvalue weighted by molar-refractivity contribution is -0.136. The van der Waals surface area contributed by atoms with Crippen molar-refractivity contribution >= 4 is 5.91 Å². The van der Waals surface area contributed by atoms with Crippen molar-refractivity contribution in [1.82, 2.24) is 14.9 Å². The Labute approximate surface area is 137 Å². The Bertz CT molecular complexity index is 485. The molecule has 128 valence electrons. The number of ether oxygens (including phenoxy) is 2. The van der Waals surface area contributed by atoms with Gasteiger partial charge in [-0.25, -0.2) is 4.98 Å². The third-order valence-electron chi connectivity index (χ3n) is 4.89. The van der Waals surface area contributed by atoms with Gasteiger partial charge in [-0.05, 0) is 45.4 Å². The minimum Gasteiger partial charge on any atom is -0.376 e. The summed E-state index contributed by atoms with van der Waals surface area (Å²) in [5.41, 5.74) is 0. The second-order valence-corrected chi connectivity index (χ2v) is 6.59. The van der Waals surface area contributed by atoms with Crippen LogP contribution in [0, 0.1) is 0 Å². The molecule has 1 aromatic rings. The average Bonchev–Trinajstić information content (AvgIpc) is 3.24. The molecule has 1 aromatic heterocycles. The first-order valence-electron chi connectivity index (χ1n) is 8.75. The van der Waals surface area contributed by atoms with E-state index in [9.17, 15) is 4.79 Å². The van der Waals surface area contributed by atoms with E-state index in [1.54, 1.807) is 6.20 Å². The molecule has 6 heteroatoms. The van der Waals surface area contributed by atoms with Crippen molar-refractivity contribution in [3.05, 3.63) is 18.7 Å². The highest BCUT2D eigenvalue weighted by molar-refractivity contribution is 5.80. The molecule has 1 aliphatic heterocycles. The average molecular weight is 321 g/mol. The van der Waals surface area contributed by atoms with Crippen LogP contribution in [0.2, 0.25) is 0 Å². The van der Waals surface area contributed by atoms with Crippen LogP contribution in [-0.4, -0.2) is 46.9 Å². The first-order chi connectivity index (χ1) is 11.2. The monoisotopic (exact) mass is 321 g/mol. The van der Waals surface area contributed by atoms with Gasteiger partial charge >= 0.3 is 0 Å². The fraction of sp³-hybridized carbons (Fsp3) is 0.765. The number of hydrogen-bond donors (Lipinski definition) is 1. The maximum absolute atomic E-state index is 12.4. The standard InChI is InChI=1S/C17H27N3O3/c1-13(23-11-14-5-2-3-10-22-14)17(21)19-15-6-4-7-16(15)20-9-8-18-12-20/h8-9,12-16H,2-7,10-11H2,1H3,(H,19,21). The number of nitrogens with zero attached hydrogens (tertiary/aromatic N) is 2. The maximum atomic E-state index is 12.4. The highest BCUT2D eigenvalue weighted by atomic mass is 16.5. The number of rotatable bonds is 6. The zero-order chi connectivity index (χ0) is 16.1. The van der Waals surface area contributed by atoms with Crippen LogP contribution >= 0.6 is 0 Å². The van der Waals surface area contributed by atoms with Gasteiger partial charge in [0.05, 0.1) is 25.1 Å². The summed E-state index contributed by atoms with van der Waals surface area (Å²) in [6.45, 7) is 3.13. The molecule has 3 rings (SSSR count). The number of nitrogens with one attached hydrogen (secondary N) is 1. The Morgan fingerprint density at radius 2 is 2.30 bits per heavy atom. The summed E-state index contributed by atoms with van der Waals surface area (Å²) in [4.78, 5) is 16.5. The molecule has 2 fully saturated rings. The highest BCUT2D eigenvalue weighted by Gasteiger charge is 2.31. The number of carbonyl (C=O) groups is 1. The van der Waals surface area contributed by atoms with Crippen molar-refractivity contribution in [2.24, 2.45) is 0 Å². The summed E-state index contributed by atoms with van der Waals surface area (Å²) < 4.78 is 13.5. The zero-order valence-electron chi connectivity index (χ0n) is 13.8. The molecule has 2 heterocycles. The van der Waals surface area contributed by atoms with E-state index in [4.69, 9.17) is 9.47 Å². The summed E-state index contributed by atoms with van der Waals surface area (Å²) >= 11 is 0. The molecule has 1 saturated heterocycles. The number of imidazole rings is 1. The molecule has 0 radical (unpaired) electrons. The third kappa shape index (κ3) is 4.32. The lowest BCUT2D eigenvalue weighted by Crippen LogP contribution is -2.44. The SMILES string of the molecule is CC(OCC1CCCCO1)C(=O)NC1CCCC1n1ccnc1. The van der Waals surface area contributed by atoms with Crippen LogP contribution in [0.1, 0.15) is 51.5 Å². The molecule has 1 N–H and O–H groups in total. The molecule has 1 saturated carbocycles. The molecular formula is C17H27N3O3. The molecular weight excluding hydrogens is 294 g/mol. The van der Waals surface area contributed by atoms with Gasteiger partial charge in [0.15, 0.2) is 0 Å². The van der Waals surface area contributed by atoms with Crippen LogP contribution in [-0.2, 0) is 14.3 Å². The van der Waals surface area contributed by atoms with E-state index < -0.39 is 6.10 Å². The van der Waals surface area contributed by atoms with Crippen molar-refractivity contribution in [2.45, 2.75) is 69.7 Å². The summed E-state index contributed by atoms with van der Waals surface area (Å²) in [5, 5.41) is 3.15. The van der Waals surface area contributed by atoms with Crippen LogP contribution in [0.15, 0.2) is 18.7 Å². The predicted octanol–water partition coefficient (Wildman–Crippen LogP) is 2.07. The minimum atomic E-state index is -0.440. The smallest absolute Gasteiger partial charge is 0.249 e. The fourth-order valence-electron chi connectivity index (χ4n) is 3.50. The molecule has 0 aromatic carbocycles. The van der Waals surface area contributed by atoms with Crippen LogP contribution in [0.5, 0.6) is 0 Å². The molecule has 1 aliphatic carbocycles. The summed E-state index contributed by atoms with van der Waals surface area (Å²) in [6, 6.07) is 0.462. The molecule has 0 bridgehead atoms. The number of amides is 1. The van der Waals surface area contributed by atoms with Crippen molar-refractivity contribution in [3.8, 4) is 0 Å². The Hall–Kier alpha value is -1.40. The topological polar surface area (TPSA) is 65.4 Å². The van der Waals surface area contributed by atoms with Gasteiger partial charge < -0.3 is 19.4 Å². The van der Waals surface area contributed by atoms with Gasteiger partial charge in [-0.1, -0.05) is 0 Å². The van der Waals surface area contributed by atoms with Gasteiger partial charge in [0, 0.05) is 25.0 Å². The van der Waals surface area contributed by atoms with E-state index in [2.05, 4.69) is 14.9 Å². The predicted molar refractivity (Wildman–Crippen MR) is 86.1 cm³/mol. The molecule has 4 atom stereocenters. The lowest BCUT2D eigenvalue weighted by Gasteiger charge is -2.26. The van der Waals surface area contributed by atoms with Gasteiger partial charge in [0.1, 0.15) is 6.10 Å². The second kappa shape index (κ2) is 7.93. The van der Waals surface area contributed by atoms with Gasteiger partial charge in [-0.3, -0.25) is 4.79 Å². The largest absolute Gasteiger partial charge is 0.376 e. The molecule has 23 heavy (non-hydrogen) atoms. The molecule has 6 nitrogen and oxygen atoms in total. The molecule has 1 amide bonds. The maximum Gasteiger partial charge on any atom is 0.249 e. The summed E-state index contributed by atoms with van der Waals surface area (Å²) in [7, 11) is 0. The first-order valence-corrected chi connectivity index (χ1v) is 8.75. The Morgan fingerprint density at radius 1 is 1.39 bits per heavy atom. The Balaban J connectivity index is 1.45. The van der Waals surface area contributed by atoms with Crippen molar-refractivity contribution in [3.63, 3.8) is 0 Å². The normalized spacial score (nSPS) is 29.3. The van der Waals surface area contributed by atoms with Crippen molar-refractivity contribution < 1.29 is 14.3 Å². The van der Waals surface area contributed by atoms with E-state index in [1.807, 2.05) is 19.4 Å². The van der Waals surface area contributed by atoms with E-state index in [0.717, 1.165) is 38.7 Å². The quantitative estimate of drug-likeness (QED) is 0.871. The van der Waals surface area contributed by atoms with E-state index in [-0.39, 0.29) is 18.1 Å². The zero-order valence-corrected chi connectivity index (χ0v) is 13.8. The second-order valence-electron chi connectivity index (χ2n) is 6.59. The van der Waals surface area contributed by atoms with Crippen LogP contribution < -0.4 is 5.32 Å².